The molecule has 0 aliphatic rings. The van der Waals surface area contributed by atoms with E-state index in [1.165, 1.54) is 0 Å². The maximum absolute atomic E-state index is 11.1. The van der Waals surface area contributed by atoms with Gasteiger partial charge in [0.2, 0.25) is 0 Å². The fourth-order valence-electron chi connectivity index (χ4n) is 1.39. The normalized spacial score (nSPS) is 10.5. The van der Waals surface area contributed by atoms with E-state index < -0.39 is 0 Å². The Bertz CT molecular complexity index is 174. The second-order valence-corrected chi connectivity index (χ2v) is 4.52. The highest BCUT2D eigenvalue weighted by molar-refractivity contribution is 7.80. The highest BCUT2D eigenvalue weighted by atomic mass is 32.1. The molecule has 0 atom stereocenters. The first-order valence-corrected chi connectivity index (χ1v) is 7.28. The van der Waals surface area contributed by atoms with Gasteiger partial charge in [-0.3, -0.25) is 4.79 Å². The maximum atomic E-state index is 11.1. The van der Waals surface area contributed by atoms with Crippen LogP contribution in [-0.4, -0.2) is 31.5 Å². The van der Waals surface area contributed by atoms with Crippen LogP contribution in [0.1, 0.15) is 51.9 Å². The van der Waals surface area contributed by atoms with Gasteiger partial charge < -0.3 is 9.47 Å². The van der Waals surface area contributed by atoms with Crippen molar-refractivity contribution in [2.75, 3.05) is 25.6 Å². The van der Waals surface area contributed by atoms with Crippen molar-refractivity contribution < 1.29 is 14.3 Å². The lowest BCUT2D eigenvalue weighted by atomic mass is 10.2. The first kappa shape index (κ1) is 16.8. The average Bonchev–Trinajstić information content (AvgIpc) is 2.34. The van der Waals surface area contributed by atoms with Gasteiger partial charge in [-0.15, -0.1) is 0 Å². The van der Waals surface area contributed by atoms with Crippen LogP contribution in [0.3, 0.4) is 0 Å². The minimum Gasteiger partial charge on any atom is -0.466 e. The molecule has 3 nitrogen and oxygen atoms in total. The van der Waals surface area contributed by atoms with Crippen molar-refractivity contribution in [3.8, 4) is 0 Å². The molecule has 0 aromatic heterocycles. The molecule has 0 fully saturated rings. The zero-order valence-corrected chi connectivity index (χ0v) is 11.8. The van der Waals surface area contributed by atoms with Crippen molar-refractivity contribution in [1.82, 2.24) is 0 Å². The molecule has 0 spiro atoms. The molecule has 0 rings (SSSR count). The summed E-state index contributed by atoms with van der Waals surface area (Å²) in [4.78, 5) is 11.1. The topological polar surface area (TPSA) is 35.5 Å². The summed E-state index contributed by atoms with van der Waals surface area (Å²) < 4.78 is 10.5. The Labute approximate surface area is 111 Å². The molecule has 0 aliphatic heterocycles. The number of carbonyl (C=O) groups is 1. The van der Waals surface area contributed by atoms with Crippen LogP contribution >= 0.6 is 12.6 Å². The maximum Gasteiger partial charge on any atom is 0.305 e. The highest BCUT2D eigenvalue weighted by Crippen LogP contribution is 2.02. The first-order valence-electron chi connectivity index (χ1n) is 6.65. The van der Waals surface area contributed by atoms with Crippen LogP contribution in [-0.2, 0) is 14.3 Å². The highest BCUT2D eigenvalue weighted by Gasteiger charge is 2.00. The van der Waals surface area contributed by atoms with E-state index in [1.54, 1.807) is 0 Å². The van der Waals surface area contributed by atoms with Crippen LogP contribution in [0, 0.1) is 0 Å². The van der Waals surface area contributed by atoms with Gasteiger partial charge in [0.05, 0.1) is 6.61 Å². The van der Waals surface area contributed by atoms with Crippen molar-refractivity contribution in [2.24, 2.45) is 0 Å². The summed E-state index contributed by atoms with van der Waals surface area (Å²) >= 11 is 4.05. The lowest BCUT2D eigenvalue weighted by Gasteiger charge is -2.04. The van der Waals surface area contributed by atoms with Crippen LogP contribution in [0.2, 0.25) is 0 Å². The van der Waals surface area contributed by atoms with E-state index in [2.05, 4.69) is 19.6 Å². The third-order valence-corrected chi connectivity index (χ3v) is 2.65. The molecule has 0 amide bonds. The minimum atomic E-state index is -0.0923. The number of rotatable bonds is 12. The molecule has 0 bridgehead atoms. The van der Waals surface area contributed by atoms with Gasteiger partial charge in [-0.05, 0) is 37.9 Å². The quantitative estimate of drug-likeness (QED) is 0.333. The van der Waals surface area contributed by atoms with Crippen LogP contribution in [0.4, 0.5) is 0 Å². The Balaban J connectivity index is 3.05. The van der Waals surface area contributed by atoms with Crippen LogP contribution in [0.5, 0.6) is 0 Å². The second-order valence-electron chi connectivity index (χ2n) is 4.07. The summed E-state index contributed by atoms with van der Waals surface area (Å²) in [5, 5.41) is 0. The number of ether oxygens (including phenoxy) is 2. The zero-order valence-electron chi connectivity index (χ0n) is 11.0. The van der Waals surface area contributed by atoms with Crippen molar-refractivity contribution in [3.63, 3.8) is 0 Å². The Morgan fingerprint density at radius 1 is 1.00 bits per heavy atom. The summed E-state index contributed by atoms with van der Waals surface area (Å²) in [6, 6.07) is 0. The summed E-state index contributed by atoms with van der Waals surface area (Å²) in [5.74, 6) is 0.651. The number of hydrogen-bond acceptors (Lipinski definition) is 4. The number of unbranched alkanes of at least 4 members (excludes halogenated alkanes) is 3. The van der Waals surface area contributed by atoms with Gasteiger partial charge in [0.25, 0.3) is 0 Å². The monoisotopic (exact) mass is 262 g/mol. The SMILES string of the molecule is CCCOCCCCCCOC(=O)CCCS. The second kappa shape index (κ2) is 13.8. The fraction of sp³-hybridized carbons (Fsp3) is 0.923. The van der Waals surface area contributed by atoms with Gasteiger partial charge in [-0.25, -0.2) is 0 Å². The predicted octanol–water partition coefficient (Wildman–Crippen LogP) is 3.23. The molecular formula is C13H26O3S. The van der Waals surface area contributed by atoms with E-state index in [1.807, 2.05) is 0 Å². The number of carbonyl (C=O) groups excluding carboxylic acids is 1. The van der Waals surface area contributed by atoms with Crippen molar-refractivity contribution in [3.05, 3.63) is 0 Å². The van der Waals surface area contributed by atoms with E-state index >= 15 is 0 Å². The van der Waals surface area contributed by atoms with Gasteiger partial charge in [-0.1, -0.05) is 13.3 Å². The third kappa shape index (κ3) is 13.7. The Morgan fingerprint density at radius 2 is 1.71 bits per heavy atom. The van der Waals surface area contributed by atoms with Gasteiger partial charge in [0, 0.05) is 19.6 Å². The summed E-state index contributed by atoms with van der Waals surface area (Å²) in [6.45, 7) is 4.39. The molecule has 0 aromatic rings. The molecule has 17 heavy (non-hydrogen) atoms. The molecule has 0 saturated carbocycles. The predicted molar refractivity (Wildman–Crippen MR) is 73.6 cm³/mol. The van der Waals surface area contributed by atoms with E-state index in [4.69, 9.17) is 9.47 Å². The third-order valence-electron chi connectivity index (χ3n) is 2.33. The lowest BCUT2D eigenvalue weighted by Crippen LogP contribution is -2.06. The smallest absolute Gasteiger partial charge is 0.305 e. The standard InChI is InChI=1S/C13H26O3S/c1-2-9-15-10-5-3-4-6-11-16-13(14)8-7-12-17/h17H,2-12H2,1H3. The van der Waals surface area contributed by atoms with E-state index in [0.29, 0.717) is 13.0 Å². The largest absolute Gasteiger partial charge is 0.466 e. The summed E-state index contributed by atoms with van der Waals surface area (Å²) in [5.41, 5.74) is 0. The number of esters is 1. The zero-order chi connectivity index (χ0) is 12.8. The molecule has 0 saturated heterocycles. The fourth-order valence-corrected chi connectivity index (χ4v) is 1.55. The molecule has 102 valence electrons. The Morgan fingerprint density at radius 3 is 2.35 bits per heavy atom. The van der Waals surface area contributed by atoms with Gasteiger partial charge in [0.1, 0.15) is 0 Å². The molecule has 0 heterocycles. The first-order chi connectivity index (χ1) is 8.31. The minimum absolute atomic E-state index is 0.0923. The summed E-state index contributed by atoms with van der Waals surface area (Å²) in [7, 11) is 0. The Hall–Kier alpha value is -0.220. The van der Waals surface area contributed by atoms with Crippen LogP contribution < -0.4 is 0 Å². The van der Waals surface area contributed by atoms with Crippen LogP contribution in [0.15, 0.2) is 0 Å². The molecule has 0 N–H and O–H groups in total. The molecule has 4 heteroatoms. The lowest BCUT2D eigenvalue weighted by molar-refractivity contribution is -0.143. The van der Waals surface area contributed by atoms with Crippen molar-refractivity contribution in [1.29, 1.82) is 0 Å². The van der Waals surface area contributed by atoms with Crippen LogP contribution in [0.25, 0.3) is 0 Å². The molecule has 0 aliphatic carbocycles. The average molecular weight is 262 g/mol. The molecule has 0 aromatic carbocycles. The van der Waals surface area contributed by atoms with Gasteiger partial charge in [-0.2, -0.15) is 12.6 Å². The summed E-state index contributed by atoms with van der Waals surface area (Å²) in [6.07, 6.45) is 6.70. The number of hydrogen-bond donors (Lipinski definition) is 1. The molecule has 0 radical (unpaired) electrons. The Kier molecular flexibility index (Phi) is 13.7. The van der Waals surface area contributed by atoms with E-state index in [9.17, 15) is 4.79 Å². The van der Waals surface area contributed by atoms with E-state index in [0.717, 1.165) is 57.5 Å². The van der Waals surface area contributed by atoms with Crippen molar-refractivity contribution in [2.45, 2.75) is 51.9 Å². The van der Waals surface area contributed by atoms with Gasteiger partial charge in [0.15, 0.2) is 0 Å². The molecule has 0 unspecified atom stereocenters. The van der Waals surface area contributed by atoms with E-state index in [-0.39, 0.29) is 5.97 Å². The molecular weight excluding hydrogens is 236 g/mol. The number of thiol groups is 1. The van der Waals surface area contributed by atoms with Crippen molar-refractivity contribution >= 4 is 18.6 Å². The van der Waals surface area contributed by atoms with Gasteiger partial charge >= 0.3 is 5.97 Å².